The summed E-state index contributed by atoms with van der Waals surface area (Å²) in [7, 11) is 0. The van der Waals surface area contributed by atoms with Crippen molar-refractivity contribution in [2.45, 2.75) is 32.2 Å². The zero-order chi connectivity index (χ0) is 20.4. The van der Waals surface area contributed by atoms with Crippen molar-refractivity contribution in [3.63, 3.8) is 0 Å². The minimum Gasteiger partial charge on any atom is -0.484 e. The van der Waals surface area contributed by atoms with Gasteiger partial charge in [0.25, 0.3) is 5.91 Å². The third kappa shape index (κ3) is 4.49. The van der Waals surface area contributed by atoms with E-state index in [4.69, 9.17) is 9.84 Å². The summed E-state index contributed by atoms with van der Waals surface area (Å²) in [5.41, 5.74) is 1.66. The Morgan fingerprint density at radius 1 is 1.28 bits per heavy atom. The minimum absolute atomic E-state index is 0.0839. The smallest absolute Gasteiger partial charge is 0.323 e. The van der Waals surface area contributed by atoms with Gasteiger partial charge < -0.3 is 19.6 Å². The van der Waals surface area contributed by atoms with Crippen molar-refractivity contribution in [2.24, 2.45) is 10.9 Å². The number of carbonyl (C=O) groups is 3. The molecule has 9 nitrogen and oxygen atoms in total. The Hall–Kier alpha value is -3.10. The first-order valence-electron chi connectivity index (χ1n) is 9.87. The van der Waals surface area contributed by atoms with Crippen LogP contribution < -0.4 is 10.1 Å². The standard InChI is InChI=1S/C20H24N4O5/c25-17-10-24-9-14-5-6-15(7-16(14)21-20(24)22-17)29-12-18(26)23(11-19(27)28)8-13-3-1-2-4-13/h5-7,13H,1-4,8-12H2,(H,27,28)(H,21,22,25). The third-order valence-electron chi connectivity index (χ3n) is 5.52. The maximum atomic E-state index is 12.6. The molecule has 0 unspecified atom stereocenters. The Labute approximate surface area is 168 Å². The lowest BCUT2D eigenvalue weighted by atomic mass is 10.1. The molecule has 2 aliphatic heterocycles. The van der Waals surface area contributed by atoms with E-state index < -0.39 is 5.97 Å². The number of benzene rings is 1. The number of carbonyl (C=O) groups excluding carboxylic acids is 2. The van der Waals surface area contributed by atoms with Crippen molar-refractivity contribution >= 4 is 29.4 Å². The third-order valence-corrected chi connectivity index (χ3v) is 5.52. The van der Waals surface area contributed by atoms with Gasteiger partial charge in [0.15, 0.2) is 6.61 Å². The van der Waals surface area contributed by atoms with Crippen LogP contribution in [0.25, 0.3) is 0 Å². The molecule has 2 fully saturated rings. The van der Waals surface area contributed by atoms with E-state index in [9.17, 15) is 14.4 Å². The highest BCUT2D eigenvalue weighted by atomic mass is 16.5. The van der Waals surface area contributed by atoms with Crippen molar-refractivity contribution in [1.82, 2.24) is 15.1 Å². The lowest BCUT2D eigenvalue weighted by molar-refractivity contribution is -0.145. The van der Waals surface area contributed by atoms with Crippen LogP contribution in [0.5, 0.6) is 5.75 Å². The molecule has 0 atom stereocenters. The zero-order valence-corrected chi connectivity index (χ0v) is 16.1. The molecule has 154 valence electrons. The molecule has 1 aliphatic carbocycles. The van der Waals surface area contributed by atoms with Gasteiger partial charge in [-0.05, 0) is 30.4 Å². The average molecular weight is 400 g/mol. The van der Waals surface area contributed by atoms with E-state index in [1.165, 1.54) is 4.90 Å². The number of nitrogens with one attached hydrogen (secondary N) is 1. The Morgan fingerprint density at radius 3 is 2.83 bits per heavy atom. The molecule has 0 aromatic heterocycles. The molecular weight excluding hydrogens is 376 g/mol. The molecule has 2 amide bonds. The summed E-state index contributed by atoms with van der Waals surface area (Å²) in [6.45, 7) is 0.803. The van der Waals surface area contributed by atoms with Gasteiger partial charge in [0, 0.05) is 19.2 Å². The van der Waals surface area contributed by atoms with Gasteiger partial charge in [0.2, 0.25) is 11.9 Å². The number of carboxylic acids is 1. The maximum Gasteiger partial charge on any atom is 0.323 e. The molecule has 29 heavy (non-hydrogen) atoms. The van der Waals surface area contributed by atoms with E-state index in [1.54, 1.807) is 12.1 Å². The van der Waals surface area contributed by atoms with Crippen LogP contribution in [0.2, 0.25) is 0 Å². The topological polar surface area (TPSA) is 112 Å². The molecule has 9 heteroatoms. The molecule has 3 aliphatic rings. The second kappa shape index (κ2) is 8.10. The highest BCUT2D eigenvalue weighted by Crippen LogP contribution is 2.31. The molecule has 0 spiro atoms. The predicted molar refractivity (Wildman–Crippen MR) is 104 cm³/mol. The number of fused-ring (bicyclic) bond motifs is 2. The first kappa shape index (κ1) is 19.2. The van der Waals surface area contributed by atoms with Crippen molar-refractivity contribution < 1.29 is 24.2 Å². The number of aliphatic imine (C=N–C) groups is 1. The highest BCUT2D eigenvalue weighted by Gasteiger charge is 2.29. The molecule has 0 radical (unpaired) electrons. The Kier molecular flexibility index (Phi) is 5.37. The summed E-state index contributed by atoms with van der Waals surface area (Å²) in [6, 6.07) is 5.36. The van der Waals surface area contributed by atoms with Crippen molar-refractivity contribution in [1.29, 1.82) is 0 Å². The lowest BCUT2D eigenvalue weighted by Gasteiger charge is -2.25. The maximum absolute atomic E-state index is 12.6. The molecule has 1 saturated heterocycles. The minimum atomic E-state index is -1.02. The number of amides is 2. The molecule has 1 aromatic rings. The number of carboxylic acid groups (broad SMARTS) is 1. The molecule has 4 rings (SSSR count). The van der Waals surface area contributed by atoms with Gasteiger partial charge in [0.1, 0.15) is 18.8 Å². The highest BCUT2D eigenvalue weighted by molar-refractivity contribution is 6.05. The van der Waals surface area contributed by atoms with E-state index >= 15 is 0 Å². The van der Waals surface area contributed by atoms with Crippen molar-refractivity contribution in [3.05, 3.63) is 23.8 Å². The van der Waals surface area contributed by atoms with Crippen LogP contribution in [0.4, 0.5) is 5.69 Å². The fourth-order valence-electron chi connectivity index (χ4n) is 4.07. The van der Waals surface area contributed by atoms with Crippen molar-refractivity contribution in [2.75, 3.05) is 26.2 Å². The summed E-state index contributed by atoms with van der Waals surface area (Å²) < 4.78 is 5.64. The Balaban J connectivity index is 1.39. The quantitative estimate of drug-likeness (QED) is 0.709. The number of hydrogen-bond acceptors (Lipinski definition) is 6. The second-order valence-corrected chi connectivity index (χ2v) is 7.74. The van der Waals surface area contributed by atoms with Crippen LogP contribution in [0.15, 0.2) is 23.2 Å². The number of nitrogens with zero attached hydrogens (tertiary/aromatic N) is 3. The van der Waals surface area contributed by atoms with Gasteiger partial charge in [0.05, 0.1) is 5.69 Å². The van der Waals surface area contributed by atoms with E-state index in [1.807, 2.05) is 11.0 Å². The molecule has 2 heterocycles. The number of rotatable bonds is 7. The number of ether oxygens (including phenoxy) is 1. The summed E-state index contributed by atoms with van der Waals surface area (Å²) in [4.78, 5) is 42.9. The molecule has 0 bridgehead atoms. The molecular formula is C20H24N4O5. The molecule has 2 N–H and O–H groups in total. The van der Waals surface area contributed by atoms with Gasteiger partial charge in [-0.25, -0.2) is 4.99 Å². The second-order valence-electron chi connectivity index (χ2n) is 7.74. The van der Waals surface area contributed by atoms with Gasteiger partial charge >= 0.3 is 5.97 Å². The fraction of sp³-hybridized carbons (Fsp3) is 0.500. The SMILES string of the molecule is O=C(O)CN(CC1CCCC1)C(=O)COc1ccc2c(c1)N=C1NC(=O)CN1C2. The number of guanidine groups is 1. The number of aliphatic carboxylic acids is 1. The summed E-state index contributed by atoms with van der Waals surface area (Å²) in [5.74, 6) is -0.0705. The number of hydrogen-bond donors (Lipinski definition) is 2. The first-order chi connectivity index (χ1) is 14.0. The zero-order valence-electron chi connectivity index (χ0n) is 16.1. The fourth-order valence-corrected chi connectivity index (χ4v) is 4.07. The van der Waals surface area contributed by atoms with Gasteiger partial charge in [-0.15, -0.1) is 0 Å². The lowest BCUT2D eigenvalue weighted by Crippen LogP contribution is -2.41. The molecule has 1 aromatic carbocycles. The van der Waals surface area contributed by atoms with Crippen LogP contribution in [-0.4, -0.2) is 64.9 Å². The Bertz CT molecular complexity index is 862. The van der Waals surface area contributed by atoms with Crippen LogP contribution in [-0.2, 0) is 20.9 Å². The van der Waals surface area contributed by atoms with Crippen LogP contribution >= 0.6 is 0 Å². The summed E-state index contributed by atoms with van der Waals surface area (Å²) in [6.07, 6.45) is 4.32. The Morgan fingerprint density at radius 2 is 2.07 bits per heavy atom. The van der Waals surface area contributed by atoms with E-state index in [0.29, 0.717) is 42.9 Å². The van der Waals surface area contributed by atoms with E-state index in [-0.39, 0.29) is 25.0 Å². The molecule has 1 saturated carbocycles. The van der Waals surface area contributed by atoms with E-state index in [2.05, 4.69) is 10.3 Å². The van der Waals surface area contributed by atoms with Gasteiger partial charge in [-0.1, -0.05) is 18.9 Å². The van der Waals surface area contributed by atoms with Crippen LogP contribution in [0, 0.1) is 5.92 Å². The largest absolute Gasteiger partial charge is 0.484 e. The summed E-state index contributed by atoms with van der Waals surface area (Å²) >= 11 is 0. The summed E-state index contributed by atoms with van der Waals surface area (Å²) in [5, 5.41) is 11.8. The van der Waals surface area contributed by atoms with E-state index in [0.717, 1.165) is 31.2 Å². The average Bonchev–Trinajstić information content (AvgIpc) is 3.31. The monoisotopic (exact) mass is 400 g/mol. The van der Waals surface area contributed by atoms with Crippen LogP contribution in [0.3, 0.4) is 0 Å². The van der Waals surface area contributed by atoms with Crippen LogP contribution in [0.1, 0.15) is 31.2 Å². The predicted octanol–water partition coefficient (Wildman–Crippen LogP) is 1.10. The van der Waals surface area contributed by atoms with Gasteiger partial charge in [-0.3, -0.25) is 19.7 Å². The van der Waals surface area contributed by atoms with Gasteiger partial charge in [-0.2, -0.15) is 0 Å². The van der Waals surface area contributed by atoms with Crippen molar-refractivity contribution in [3.8, 4) is 5.75 Å². The first-order valence-corrected chi connectivity index (χ1v) is 9.87. The normalized spacial score (nSPS) is 18.0.